The van der Waals surface area contributed by atoms with Gasteiger partial charge in [-0.25, -0.2) is 8.78 Å². The Hall–Kier alpha value is -3.19. The number of piperidine rings is 1. The fourth-order valence-corrected chi connectivity index (χ4v) is 6.39. The van der Waals surface area contributed by atoms with E-state index in [-0.39, 0.29) is 62.6 Å². The van der Waals surface area contributed by atoms with Crippen molar-refractivity contribution in [2.24, 2.45) is 11.3 Å². The van der Waals surface area contributed by atoms with Crippen molar-refractivity contribution >= 4 is 40.2 Å². The monoisotopic (exact) mass is 545 g/mol. The second-order valence-electron chi connectivity index (χ2n) is 11.0. The van der Waals surface area contributed by atoms with Crippen LogP contribution < -0.4 is 10.6 Å². The molecule has 3 amide bonds. The first-order valence-electron chi connectivity index (χ1n) is 13.0. The zero-order valence-corrected chi connectivity index (χ0v) is 21.6. The summed E-state index contributed by atoms with van der Waals surface area (Å²) >= 11 is 6.27. The molecule has 5 rings (SSSR count). The third-order valence-electron chi connectivity index (χ3n) is 8.34. The molecule has 3 atom stereocenters. The number of carbonyl (C=O) groups is 3. The predicted molar refractivity (Wildman–Crippen MR) is 136 cm³/mol. The molecule has 0 bridgehead atoms. The van der Waals surface area contributed by atoms with E-state index in [1.165, 1.54) is 4.90 Å². The predicted octanol–water partition coefficient (Wildman–Crippen LogP) is 4.16. The maximum absolute atomic E-state index is 14.0. The van der Waals surface area contributed by atoms with Crippen LogP contribution in [-0.2, 0) is 9.59 Å². The minimum absolute atomic E-state index is 0.136. The van der Waals surface area contributed by atoms with E-state index < -0.39 is 35.2 Å². The molecule has 2 aliphatic heterocycles. The second kappa shape index (κ2) is 10.2. The van der Waals surface area contributed by atoms with Crippen LogP contribution in [0.15, 0.2) is 24.3 Å². The number of nitrogens with zero attached hydrogens (tertiary/aromatic N) is 2. The van der Waals surface area contributed by atoms with Gasteiger partial charge in [0.05, 0.1) is 16.6 Å². The molecule has 3 fully saturated rings. The summed E-state index contributed by atoms with van der Waals surface area (Å²) in [5.41, 5.74) is 0.244. The molecule has 2 aromatic rings. The molecule has 8 nitrogen and oxygen atoms in total. The van der Waals surface area contributed by atoms with Gasteiger partial charge in [0, 0.05) is 37.2 Å². The maximum Gasteiger partial charge on any atom is 0.271 e. The molecule has 11 heteroatoms. The lowest BCUT2D eigenvalue weighted by molar-refractivity contribution is -0.128. The number of nitrogens with one attached hydrogen (secondary N) is 3. The minimum Gasteiger partial charge on any atom is -0.356 e. The molecule has 1 aliphatic carbocycles. The molecule has 1 saturated carbocycles. The highest BCUT2D eigenvalue weighted by atomic mass is 35.5. The van der Waals surface area contributed by atoms with Crippen LogP contribution in [0.25, 0.3) is 10.9 Å². The number of alkyl halides is 2. The van der Waals surface area contributed by atoms with Crippen LogP contribution in [0.5, 0.6) is 0 Å². The van der Waals surface area contributed by atoms with Crippen LogP contribution in [0, 0.1) is 22.7 Å². The van der Waals surface area contributed by atoms with Crippen molar-refractivity contribution < 1.29 is 23.2 Å². The topological polar surface area (TPSA) is 118 Å². The Morgan fingerprint density at radius 1 is 1.26 bits per heavy atom. The van der Waals surface area contributed by atoms with E-state index in [9.17, 15) is 28.4 Å². The van der Waals surface area contributed by atoms with Gasteiger partial charge in [0.1, 0.15) is 17.8 Å². The van der Waals surface area contributed by atoms with Gasteiger partial charge in [0.15, 0.2) is 0 Å². The lowest BCUT2D eigenvalue weighted by atomic mass is 9.71. The van der Waals surface area contributed by atoms with E-state index in [0.29, 0.717) is 23.5 Å². The number of fused-ring (bicyclic) bond motifs is 1. The Labute approximate surface area is 224 Å². The van der Waals surface area contributed by atoms with Crippen molar-refractivity contribution in [1.29, 1.82) is 5.26 Å². The van der Waals surface area contributed by atoms with E-state index in [4.69, 9.17) is 11.6 Å². The molecule has 2 saturated heterocycles. The number of carbonyl (C=O) groups excluding carboxylic acids is 3. The Morgan fingerprint density at radius 2 is 2.03 bits per heavy atom. The van der Waals surface area contributed by atoms with Gasteiger partial charge in [0.2, 0.25) is 17.7 Å². The fraction of sp³-hybridized carbons (Fsp3) is 0.556. The summed E-state index contributed by atoms with van der Waals surface area (Å²) in [5, 5.41) is 16.4. The van der Waals surface area contributed by atoms with E-state index in [1.807, 2.05) is 6.07 Å². The lowest BCUT2D eigenvalue weighted by Gasteiger charge is -2.36. The summed E-state index contributed by atoms with van der Waals surface area (Å²) < 4.78 is 28.0. The van der Waals surface area contributed by atoms with Crippen LogP contribution >= 0.6 is 11.6 Å². The minimum atomic E-state index is -2.75. The van der Waals surface area contributed by atoms with Crippen molar-refractivity contribution in [1.82, 2.24) is 20.5 Å². The molecule has 1 aromatic carbocycles. The van der Waals surface area contributed by atoms with E-state index >= 15 is 0 Å². The normalized spacial score (nSPS) is 25.1. The van der Waals surface area contributed by atoms with Gasteiger partial charge in [0.25, 0.3) is 5.91 Å². The number of halogens is 3. The highest BCUT2D eigenvalue weighted by molar-refractivity contribution is 6.35. The summed E-state index contributed by atoms with van der Waals surface area (Å²) in [5.74, 6) is -4.20. The van der Waals surface area contributed by atoms with Gasteiger partial charge in [-0.15, -0.1) is 0 Å². The molecule has 1 aromatic heterocycles. The number of benzene rings is 1. The molecule has 3 heterocycles. The summed E-state index contributed by atoms with van der Waals surface area (Å²) in [6.45, 7) is 0.767. The standard InChI is InChI=1S/C27H30ClF2N5O3/c28-19-5-1-3-16-12-20(34-22(16)19)25(38)35-15-26(6-8-27(29,30)9-7-26)13-21(35)24(37)33-18(14-31)11-17-4-2-10-32-23(17)36/h1,3,5,12,17-18,21,34H,2,4,6-11,13,15H2,(H,32,36)(H,33,37)/t17?,18-,21?/m0/s1. The van der Waals surface area contributed by atoms with Gasteiger partial charge in [-0.05, 0) is 56.1 Å². The van der Waals surface area contributed by atoms with Gasteiger partial charge >= 0.3 is 0 Å². The Morgan fingerprint density at radius 3 is 2.71 bits per heavy atom. The molecular weight excluding hydrogens is 516 g/mol. The van der Waals surface area contributed by atoms with E-state index in [0.717, 1.165) is 11.8 Å². The van der Waals surface area contributed by atoms with Crippen molar-refractivity contribution in [3.8, 4) is 6.07 Å². The number of aromatic amines is 1. The van der Waals surface area contributed by atoms with Crippen molar-refractivity contribution in [2.45, 2.75) is 69.4 Å². The highest BCUT2D eigenvalue weighted by Crippen LogP contribution is 2.50. The van der Waals surface area contributed by atoms with E-state index in [2.05, 4.69) is 21.7 Å². The molecular formula is C27H30ClF2N5O3. The third kappa shape index (κ3) is 5.21. The fourth-order valence-electron chi connectivity index (χ4n) is 6.16. The van der Waals surface area contributed by atoms with Crippen LogP contribution in [-0.4, -0.2) is 58.7 Å². The third-order valence-corrected chi connectivity index (χ3v) is 8.66. The summed E-state index contributed by atoms with van der Waals surface area (Å²) in [4.78, 5) is 43.9. The van der Waals surface area contributed by atoms with Gasteiger partial charge in [-0.1, -0.05) is 23.7 Å². The number of rotatable bonds is 5. The van der Waals surface area contributed by atoms with Crippen molar-refractivity contribution in [2.75, 3.05) is 13.1 Å². The van der Waals surface area contributed by atoms with Crippen molar-refractivity contribution in [3.05, 3.63) is 35.0 Å². The van der Waals surface area contributed by atoms with Gasteiger partial charge < -0.3 is 20.5 Å². The zero-order valence-electron chi connectivity index (χ0n) is 20.9. The number of H-pyrrole nitrogens is 1. The number of aromatic nitrogens is 1. The number of amides is 3. The molecule has 202 valence electrons. The lowest BCUT2D eigenvalue weighted by Crippen LogP contribution is -2.49. The molecule has 3 aliphatic rings. The van der Waals surface area contributed by atoms with Crippen LogP contribution in [0.2, 0.25) is 5.02 Å². The first-order valence-corrected chi connectivity index (χ1v) is 13.4. The van der Waals surface area contributed by atoms with Crippen LogP contribution in [0.3, 0.4) is 0 Å². The number of nitriles is 1. The summed E-state index contributed by atoms with van der Waals surface area (Å²) in [6.07, 6.45) is 1.68. The van der Waals surface area contributed by atoms with Gasteiger partial charge in [-0.2, -0.15) is 5.26 Å². The number of hydrogen-bond acceptors (Lipinski definition) is 4. The molecule has 1 spiro atoms. The summed E-state index contributed by atoms with van der Waals surface area (Å²) in [7, 11) is 0. The maximum atomic E-state index is 14.0. The smallest absolute Gasteiger partial charge is 0.271 e. The van der Waals surface area contributed by atoms with E-state index in [1.54, 1.807) is 18.2 Å². The second-order valence-corrected chi connectivity index (χ2v) is 11.4. The zero-order chi connectivity index (χ0) is 27.1. The largest absolute Gasteiger partial charge is 0.356 e. The average molecular weight is 546 g/mol. The number of para-hydroxylation sites is 1. The van der Waals surface area contributed by atoms with Crippen molar-refractivity contribution in [3.63, 3.8) is 0 Å². The molecule has 0 radical (unpaired) electrons. The number of likely N-dealkylation sites (tertiary alicyclic amines) is 1. The first-order chi connectivity index (χ1) is 18.1. The molecule has 3 N–H and O–H groups in total. The molecule has 2 unspecified atom stereocenters. The average Bonchev–Trinajstić information content (AvgIpc) is 3.50. The number of hydrogen-bond donors (Lipinski definition) is 3. The van der Waals surface area contributed by atoms with Crippen LogP contribution in [0.1, 0.15) is 61.9 Å². The highest BCUT2D eigenvalue weighted by Gasteiger charge is 2.53. The first kappa shape index (κ1) is 26.4. The molecule has 38 heavy (non-hydrogen) atoms. The van der Waals surface area contributed by atoms with Gasteiger partial charge in [-0.3, -0.25) is 14.4 Å². The Bertz CT molecular complexity index is 1300. The Balaban J connectivity index is 1.38. The SMILES string of the molecule is N#C[C@H](CC1CCCNC1=O)NC(=O)C1CC2(CCC(F)(F)CC2)CN1C(=O)c1cc2cccc(Cl)c2[nH]1. The quantitative estimate of drug-likeness (QED) is 0.523. The van der Waals surface area contributed by atoms with Crippen LogP contribution in [0.4, 0.5) is 8.78 Å². The Kier molecular flexibility index (Phi) is 7.07. The summed E-state index contributed by atoms with van der Waals surface area (Å²) in [6, 6.07) is 7.18.